The summed E-state index contributed by atoms with van der Waals surface area (Å²) in [7, 11) is 0. The van der Waals surface area contributed by atoms with Crippen LogP contribution in [0.4, 0.5) is 9.59 Å². The van der Waals surface area contributed by atoms with Crippen LogP contribution in [0.1, 0.15) is 52.0 Å². The fraction of sp³-hybridized carbons (Fsp3) is 0.667. The van der Waals surface area contributed by atoms with E-state index in [0.29, 0.717) is 12.5 Å². The molecule has 2 aliphatic heterocycles. The summed E-state index contributed by atoms with van der Waals surface area (Å²) in [5.74, 6) is 0.568. The maximum atomic E-state index is 12.4. The van der Waals surface area contributed by atoms with Crippen LogP contribution in [0, 0.1) is 5.92 Å². The summed E-state index contributed by atoms with van der Waals surface area (Å²) in [6, 6.07) is 9.91. The smallest absolute Gasteiger partial charge is 0.410 e. The van der Waals surface area contributed by atoms with Gasteiger partial charge in [-0.2, -0.15) is 0 Å². The number of hydrogen-bond acceptors (Lipinski definition) is 5. The number of piperidine rings is 2. The van der Waals surface area contributed by atoms with Crippen molar-refractivity contribution in [2.24, 2.45) is 5.92 Å². The van der Waals surface area contributed by atoms with Gasteiger partial charge in [0.1, 0.15) is 12.2 Å². The average molecular weight is 432 g/mol. The fourth-order valence-electron chi connectivity index (χ4n) is 4.29. The van der Waals surface area contributed by atoms with Gasteiger partial charge in [-0.15, -0.1) is 0 Å². The van der Waals surface area contributed by atoms with E-state index in [2.05, 4.69) is 10.2 Å². The Morgan fingerprint density at radius 2 is 1.77 bits per heavy atom. The van der Waals surface area contributed by atoms with E-state index < -0.39 is 5.60 Å². The van der Waals surface area contributed by atoms with Gasteiger partial charge in [0.15, 0.2) is 0 Å². The molecule has 1 N–H and O–H groups in total. The molecule has 3 rings (SSSR count). The number of nitrogens with one attached hydrogen (secondary N) is 1. The lowest BCUT2D eigenvalue weighted by Crippen LogP contribution is -2.50. The number of rotatable bonds is 5. The van der Waals surface area contributed by atoms with Crippen LogP contribution >= 0.6 is 0 Å². The Hall–Kier alpha value is -2.28. The third-order valence-corrected chi connectivity index (χ3v) is 5.82. The maximum absolute atomic E-state index is 12.4. The zero-order valence-electron chi connectivity index (χ0n) is 19.1. The van der Waals surface area contributed by atoms with Crippen LogP contribution in [0.25, 0.3) is 0 Å². The minimum absolute atomic E-state index is 0.136. The highest BCUT2D eigenvalue weighted by molar-refractivity contribution is 5.68. The molecule has 1 atom stereocenters. The van der Waals surface area contributed by atoms with Gasteiger partial charge in [-0.25, -0.2) is 9.59 Å². The van der Waals surface area contributed by atoms with Gasteiger partial charge in [0.25, 0.3) is 0 Å². The molecular formula is C24H37N3O4. The molecule has 7 heteroatoms. The largest absolute Gasteiger partial charge is 0.445 e. The number of alkyl carbamates (subject to hydrolysis) is 1. The maximum Gasteiger partial charge on any atom is 0.410 e. The molecule has 0 bridgehead atoms. The lowest BCUT2D eigenvalue weighted by atomic mass is 9.95. The molecule has 7 nitrogen and oxygen atoms in total. The molecule has 2 amide bonds. The monoisotopic (exact) mass is 431 g/mol. The Bertz CT molecular complexity index is 711. The predicted octanol–water partition coefficient (Wildman–Crippen LogP) is 4.02. The SMILES string of the molecule is CC(C)(C)OC(=O)N[C@@H]1CCCN(CC2CCN(C(=O)OCc3ccccc3)CC2)C1. The van der Waals surface area contributed by atoms with Crippen LogP contribution in [0.3, 0.4) is 0 Å². The molecule has 172 valence electrons. The summed E-state index contributed by atoms with van der Waals surface area (Å²) >= 11 is 0. The number of ether oxygens (including phenoxy) is 2. The minimum Gasteiger partial charge on any atom is -0.445 e. The number of carbonyl (C=O) groups excluding carboxylic acids is 2. The fourth-order valence-corrected chi connectivity index (χ4v) is 4.29. The first-order valence-electron chi connectivity index (χ1n) is 11.5. The normalized spacial score (nSPS) is 20.9. The van der Waals surface area contributed by atoms with Crippen molar-refractivity contribution in [3.63, 3.8) is 0 Å². The molecule has 0 aliphatic carbocycles. The molecule has 2 aliphatic rings. The molecule has 1 aromatic rings. The second kappa shape index (κ2) is 10.8. The molecule has 1 aromatic carbocycles. The van der Waals surface area contributed by atoms with E-state index in [4.69, 9.17) is 9.47 Å². The van der Waals surface area contributed by atoms with Crippen LogP contribution in [0.2, 0.25) is 0 Å². The number of likely N-dealkylation sites (tertiary alicyclic amines) is 2. The Kier molecular flexibility index (Phi) is 8.18. The number of hydrogen-bond donors (Lipinski definition) is 1. The van der Waals surface area contributed by atoms with Gasteiger partial charge in [-0.1, -0.05) is 30.3 Å². The van der Waals surface area contributed by atoms with Crippen LogP contribution in [-0.2, 0) is 16.1 Å². The van der Waals surface area contributed by atoms with Crippen molar-refractivity contribution in [1.29, 1.82) is 0 Å². The highest BCUT2D eigenvalue weighted by Gasteiger charge is 2.28. The Morgan fingerprint density at radius 3 is 2.45 bits per heavy atom. The molecule has 0 unspecified atom stereocenters. The Balaban J connectivity index is 1.36. The molecule has 2 heterocycles. The van der Waals surface area contributed by atoms with E-state index in [1.54, 1.807) is 0 Å². The van der Waals surface area contributed by atoms with Crippen molar-refractivity contribution < 1.29 is 19.1 Å². The van der Waals surface area contributed by atoms with Gasteiger partial charge >= 0.3 is 12.2 Å². The number of amides is 2. The average Bonchev–Trinajstić information content (AvgIpc) is 2.72. The zero-order chi connectivity index (χ0) is 22.3. The predicted molar refractivity (Wildman–Crippen MR) is 120 cm³/mol. The summed E-state index contributed by atoms with van der Waals surface area (Å²) < 4.78 is 10.9. The summed E-state index contributed by atoms with van der Waals surface area (Å²) in [4.78, 5) is 28.7. The van der Waals surface area contributed by atoms with Crippen LogP contribution in [0.5, 0.6) is 0 Å². The number of carbonyl (C=O) groups is 2. The quantitative estimate of drug-likeness (QED) is 0.762. The van der Waals surface area contributed by atoms with E-state index >= 15 is 0 Å². The molecular weight excluding hydrogens is 394 g/mol. The first kappa shape index (κ1) is 23.4. The van der Waals surface area contributed by atoms with E-state index in [1.807, 2.05) is 56.0 Å². The van der Waals surface area contributed by atoms with Gasteiger partial charge in [0.2, 0.25) is 0 Å². The third-order valence-electron chi connectivity index (χ3n) is 5.82. The van der Waals surface area contributed by atoms with Gasteiger partial charge in [0.05, 0.1) is 0 Å². The van der Waals surface area contributed by atoms with Gasteiger partial charge in [0, 0.05) is 32.2 Å². The second-order valence-corrected chi connectivity index (χ2v) is 9.72. The Morgan fingerprint density at radius 1 is 1.06 bits per heavy atom. The highest BCUT2D eigenvalue weighted by Crippen LogP contribution is 2.21. The van der Waals surface area contributed by atoms with E-state index in [-0.39, 0.29) is 18.2 Å². The molecule has 0 radical (unpaired) electrons. The van der Waals surface area contributed by atoms with E-state index in [1.165, 1.54) is 0 Å². The van der Waals surface area contributed by atoms with Crippen molar-refractivity contribution >= 4 is 12.2 Å². The summed E-state index contributed by atoms with van der Waals surface area (Å²) in [5.41, 5.74) is 0.527. The van der Waals surface area contributed by atoms with Gasteiger partial charge < -0.3 is 24.6 Å². The molecule has 2 fully saturated rings. The van der Waals surface area contributed by atoms with Gasteiger partial charge in [-0.05, 0) is 64.5 Å². The topological polar surface area (TPSA) is 71.1 Å². The van der Waals surface area contributed by atoms with Crippen LogP contribution in [-0.4, -0.2) is 66.4 Å². The van der Waals surface area contributed by atoms with Crippen LogP contribution in [0.15, 0.2) is 30.3 Å². The minimum atomic E-state index is -0.478. The lowest BCUT2D eigenvalue weighted by molar-refractivity contribution is 0.0460. The zero-order valence-corrected chi connectivity index (χ0v) is 19.1. The molecule has 31 heavy (non-hydrogen) atoms. The second-order valence-electron chi connectivity index (χ2n) is 9.72. The Labute approximate surface area is 186 Å². The number of nitrogens with zero attached hydrogens (tertiary/aromatic N) is 2. The van der Waals surface area contributed by atoms with E-state index in [9.17, 15) is 9.59 Å². The molecule has 2 saturated heterocycles. The number of benzene rings is 1. The highest BCUT2D eigenvalue weighted by atomic mass is 16.6. The van der Waals surface area contributed by atoms with Crippen molar-refractivity contribution in [3.8, 4) is 0 Å². The summed E-state index contributed by atoms with van der Waals surface area (Å²) in [6.45, 7) is 10.4. The van der Waals surface area contributed by atoms with Crippen molar-refractivity contribution in [2.75, 3.05) is 32.7 Å². The molecule has 0 saturated carbocycles. The first-order chi connectivity index (χ1) is 14.8. The van der Waals surface area contributed by atoms with E-state index in [0.717, 1.165) is 64.0 Å². The molecule has 0 aromatic heterocycles. The lowest BCUT2D eigenvalue weighted by Gasteiger charge is -2.38. The summed E-state index contributed by atoms with van der Waals surface area (Å²) in [6.07, 6.45) is 3.48. The van der Waals surface area contributed by atoms with Crippen LogP contribution < -0.4 is 5.32 Å². The van der Waals surface area contributed by atoms with Crippen molar-refractivity contribution in [2.45, 2.75) is 64.7 Å². The van der Waals surface area contributed by atoms with Crippen molar-refractivity contribution in [1.82, 2.24) is 15.1 Å². The first-order valence-corrected chi connectivity index (χ1v) is 11.5. The standard InChI is InChI=1S/C24H37N3O4/c1-24(2,3)31-22(28)25-21-10-7-13-26(17-21)16-19-11-14-27(15-12-19)23(29)30-18-20-8-5-4-6-9-20/h4-6,8-9,19,21H,7,10-18H2,1-3H3,(H,25,28)/t21-/m1/s1. The molecule has 0 spiro atoms. The summed E-state index contributed by atoms with van der Waals surface area (Å²) in [5, 5.41) is 3.02. The third kappa shape index (κ3) is 8.05. The van der Waals surface area contributed by atoms with Gasteiger partial charge in [-0.3, -0.25) is 0 Å². The van der Waals surface area contributed by atoms with Crippen molar-refractivity contribution in [3.05, 3.63) is 35.9 Å².